The molecule has 7 heteroatoms. The van der Waals surface area contributed by atoms with E-state index in [-0.39, 0.29) is 47.9 Å². The van der Waals surface area contributed by atoms with Crippen molar-refractivity contribution in [2.75, 3.05) is 6.61 Å². The molecule has 172 valence electrons. The largest absolute Gasteiger partial charge is 1.00 e. The summed E-state index contributed by atoms with van der Waals surface area (Å²) in [5, 5.41) is 10.5. The van der Waals surface area contributed by atoms with Crippen molar-refractivity contribution in [3.63, 3.8) is 0 Å². The van der Waals surface area contributed by atoms with E-state index in [1.807, 2.05) is 65.6 Å². The standard InChI is InChI=1S/C27H29NO5.Na/c29-26(30)10-2-1-5-17-32-25-8-4-3-7-22(25)19-28(23-15-16-23)27(31)21-13-11-20(12-14-21)24-9-6-18-33-24;/h3-4,6-9,11-14,18,23H,1-2,5,10,15-17,19H2,(H,29,30);/q;+1/p-1. The predicted molar refractivity (Wildman–Crippen MR) is 122 cm³/mol. The van der Waals surface area contributed by atoms with E-state index in [1.165, 1.54) is 0 Å². The summed E-state index contributed by atoms with van der Waals surface area (Å²) < 4.78 is 11.4. The number of hydrogen-bond donors (Lipinski definition) is 0. The van der Waals surface area contributed by atoms with Crippen LogP contribution in [0.25, 0.3) is 11.3 Å². The van der Waals surface area contributed by atoms with Gasteiger partial charge in [0.25, 0.3) is 5.91 Å². The molecule has 0 spiro atoms. The quantitative estimate of drug-likeness (QED) is 0.296. The summed E-state index contributed by atoms with van der Waals surface area (Å²) in [5.74, 6) is 0.546. The number of ether oxygens (including phenoxy) is 1. The third-order valence-electron chi connectivity index (χ3n) is 5.78. The van der Waals surface area contributed by atoms with Crippen LogP contribution < -0.4 is 39.4 Å². The third kappa shape index (κ3) is 7.23. The van der Waals surface area contributed by atoms with Crippen LogP contribution in [0.1, 0.15) is 54.4 Å². The molecule has 2 aromatic carbocycles. The zero-order valence-electron chi connectivity index (χ0n) is 19.6. The van der Waals surface area contributed by atoms with Crippen LogP contribution in [-0.4, -0.2) is 29.4 Å². The molecule has 0 saturated heterocycles. The number of benzene rings is 2. The van der Waals surface area contributed by atoms with Gasteiger partial charge in [0.15, 0.2) is 0 Å². The Hall–Kier alpha value is -2.54. The molecule has 0 aliphatic heterocycles. The summed E-state index contributed by atoms with van der Waals surface area (Å²) in [4.78, 5) is 25.8. The van der Waals surface area contributed by atoms with Crippen LogP contribution in [0.15, 0.2) is 71.3 Å². The molecular weight excluding hydrogens is 441 g/mol. The fourth-order valence-corrected chi connectivity index (χ4v) is 3.83. The molecule has 1 heterocycles. The van der Waals surface area contributed by atoms with E-state index < -0.39 is 5.97 Å². The zero-order chi connectivity index (χ0) is 23.0. The number of unbranched alkanes of at least 4 members (excludes halogenated alkanes) is 2. The first kappa shape index (κ1) is 26.1. The number of hydrogen-bond acceptors (Lipinski definition) is 5. The minimum atomic E-state index is -1.01. The van der Waals surface area contributed by atoms with Crippen molar-refractivity contribution in [2.45, 2.75) is 51.1 Å². The Morgan fingerprint density at radius 1 is 0.971 bits per heavy atom. The summed E-state index contributed by atoms with van der Waals surface area (Å²) in [7, 11) is 0. The van der Waals surface area contributed by atoms with Gasteiger partial charge in [-0.05, 0) is 68.9 Å². The Labute approximate surface area is 222 Å². The van der Waals surface area contributed by atoms with Crippen LogP contribution in [0.3, 0.4) is 0 Å². The molecule has 4 rings (SSSR count). The number of carbonyl (C=O) groups excluding carboxylic acids is 2. The molecule has 0 bridgehead atoms. The van der Waals surface area contributed by atoms with Crippen molar-refractivity contribution < 1.29 is 53.4 Å². The average molecular weight is 470 g/mol. The first-order valence-corrected chi connectivity index (χ1v) is 11.5. The summed E-state index contributed by atoms with van der Waals surface area (Å²) in [6.07, 6.45) is 5.88. The number of carboxylic acids is 1. The number of para-hydroxylation sites is 1. The van der Waals surface area contributed by atoms with Gasteiger partial charge in [0.1, 0.15) is 11.5 Å². The topological polar surface area (TPSA) is 82.8 Å². The van der Waals surface area contributed by atoms with Crippen molar-refractivity contribution in [1.29, 1.82) is 0 Å². The van der Waals surface area contributed by atoms with Crippen LogP contribution in [0.5, 0.6) is 5.75 Å². The molecule has 1 aliphatic carbocycles. The summed E-state index contributed by atoms with van der Waals surface area (Å²) >= 11 is 0. The maximum atomic E-state index is 13.3. The van der Waals surface area contributed by atoms with Gasteiger partial charge < -0.3 is 24.0 Å². The minimum Gasteiger partial charge on any atom is -0.550 e. The summed E-state index contributed by atoms with van der Waals surface area (Å²) in [5.41, 5.74) is 2.57. The van der Waals surface area contributed by atoms with Gasteiger partial charge in [0, 0.05) is 35.2 Å². The maximum absolute atomic E-state index is 13.3. The van der Waals surface area contributed by atoms with E-state index in [2.05, 4.69) is 0 Å². The summed E-state index contributed by atoms with van der Waals surface area (Å²) in [6.45, 7) is 1.000. The van der Waals surface area contributed by atoms with Gasteiger partial charge in [-0.15, -0.1) is 0 Å². The van der Waals surface area contributed by atoms with E-state index in [1.54, 1.807) is 6.26 Å². The second kappa shape index (κ2) is 12.8. The van der Waals surface area contributed by atoms with E-state index >= 15 is 0 Å². The van der Waals surface area contributed by atoms with Gasteiger partial charge in [0.05, 0.1) is 12.9 Å². The molecule has 1 aromatic heterocycles. The number of amides is 1. The normalized spacial score (nSPS) is 12.6. The molecular formula is C27H28NNaO5. The number of aliphatic carboxylic acids is 1. The predicted octanol–water partition coefficient (Wildman–Crippen LogP) is 1.44. The van der Waals surface area contributed by atoms with Crippen LogP contribution in [0.2, 0.25) is 0 Å². The third-order valence-corrected chi connectivity index (χ3v) is 5.78. The van der Waals surface area contributed by atoms with Crippen molar-refractivity contribution in [2.24, 2.45) is 0 Å². The Morgan fingerprint density at radius 2 is 1.74 bits per heavy atom. The Kier molecular flexibility index (Phi) is 9.81. The van der Waals surface area contributed by atoms with Gasteiger partial charge >= 0.3 is 29.6 Å². The first-order valence-electron chi connectivity index (χ1n) is 11.5. The molecule has 1 amide bonds. The number of furan rings is 1. The monoisotopic (exact) mass is 469 g/mol. The molecule has 1 fully saturated rings. The maximum Gasteiger partial charge on any atom is 1.00 e. The molecule has 0 unspecified atom stereocenters. The molecule has 0 radical (unpaired) electrons. The van der Waals surface area contributed by atoms with Gasteiger partial charge in [-0.3, -0.25) is 4.79 Å². The fourth-order valence-electron chi connectivity index (χ4n) is 3.83. The Bertz CT molecular complexity index is 1060. The fraction of sp³-hybridized carbons (Fsp3) is 0.333. The SMILES string of the molecule is O=C([O-])CCCCCOc1ccccc1CN(C(=O)c1ccc(-c2ccco2)cc1)C1CC1.[Na+]. The minimum absolute atomic E-state index is 0. The number of carbonyl (C=O) groups is 2. The number of rotatable bonds is 12. The van der Waals surface area contributed by atoms with Gasteiger partial charge in [-0.1, -0.05) is 30.3 Å². The van der Waals surface area contributed by atoms with Crippen LogP contribution >= 0.6 is 0 Å². The Morgan fingerprint density at radius 3 is 2.41 bits per heavy atom. The van der Waals surface area contributed by atoms with E-state index in [0.717, 1.165) is 48.3 Å². The van der Waals surface area contributed by atoms with Crippen molar-refractivity contribution in [1.82, 2.24) is 4.90 Å². The molecule has 1 aliphatic rings. The molecule has 34 heavy (non-hydrogen) atoms. The summed E-state index contributed by atoms with van der Waals surface area (Å²) in [6, 6.07) is 19.3. The number of carboxylic acid groups (broad SMARTS) is 1. The van der Waals surface area contributed by atoms with Crippen LogP contribution in [0, 0.1) is 0 Å². The van der Waals surface area contributed by atoms with E-state index in [4.69, 9.17) is 9.15 Å². The molecule has 3 aromatic rings. The van der Waals surface area contributed by atoms with Gasteiger partial charge in [-0.25, -0.2) is 0 Å². The van der Waals surface area contributed by atoms with Gasteiger partial charge in [0.2, 0.25) is 0 Å². The second-order valence-corrected chi connectivity index (χ2v) is 8.36. The molecule has 0 atom stereocenters. The van der Waals surface area contributed by atoms with Crippen molar-refractivity contribution >= 4 is 11.9 Å². The smallest absolute Gasteiger partial charge is 0.550 e. The molecule has 6 nitrogen and oxygen atoms in total. The Balaban J connectivity index is 0.00000324. The number of nitrogens with zero attached hydrogens (tertiary/aromatic N) is 1. The van der Waals surface area contributed by atoms with Crippen molar-refractivity contribution in [3.05, 3.63) is 78.1 Å². The first-order chi connectivity index (χ1) is 16.1. The zero-order valence-corrected chi connectivity index (χ0v) is 21.6. The van der Waals surface area contributed by atoms with E-state index in [9.17, 15) is 14.7 Å². The van der Waals surface area contributed by atoms with Crippen molar-refractivity contribution in [3.8, 4) is 17.1 Å². The van der Waals surface area contributed by atoms with Crippen LogP contribution in [0.4, 0.5) is 0 Å². The average Bonchev–Trinajstić information content (AvgIpc) is 3.52. The van der Waals surface area contributed by atoms with Gasteiger partial charge in [-0.2, -0.15) is 0 Å². The molecule has 0 N–H and O–H groups in total. The van der Waals surface area contributed by atoms with Crippen LogP contribution in [-0.2, 0) is 11.3 Å². The second-order valence-electron chi connectivity index (χ2n) is 8.36. The molecule has 1 saturated carbocycles. The van der Waals surface area contributed by atoms with E-state index in [0.29, 0.717) is 25.1 Å².